The topological polar surface area (TPSA) is 52.5 Å². The summed E-state index contributed by atoms with van der Waals surface area (Å²) in [5.41, 5.74) is 2.26. The molecule has 102 valence electrons. The van der Waals surface area contributed by atoms with Crippen LogP contribution in [0.2, 0.25) is 0 Å². The third-order valence-corrected chi connectivity index (χ3v) is 3.35. The van der Waals surface area contributed by atoms with Gasteiger partial charge in [-0.2, -0.15) is 0 Å². The van der Waals surface area contributed by atoms with E-state index >= 15 is 0 Å². The van der Waals surface area contributed by atoms with E-state index in [1.54, 1.807) is 0 Å². The molecule has 1 aromatic carbocycles. The minimum Gasteiger partial charge on any atom is -0.396 e. The smallest absolute Gasteiger partial charge is 0.0914 e. The van der Waals surface area contributed by atoms with Crippen molar-refractivity contribution in [1.29, 1.82) is 0 Å². The van der Waals surface area contributed by atoms with Crippen LogP contribution in [0.1, 0.15) is 49.8 Å². The zero-order valence-corrected chi connectivity index (χ0v) is 11.4. The van der Waals surface area contributed by atoms with Crippen molar-refractivity contribution in [3.63, 3.8) is 0 Å². The Morgan fingerprint density at radius 1 is 1.17 bits per heavy atom. The van der Waals surface area contributed by atoms with E-state index in [1.165, 1.54) is 5.56 Å². The van der Waals surface area contributed by atoms with Crippen LogP contribution < -0.4 is 5.32 Å². The molecule has 2 unspecified atom stereocenters. The van der Waals surface area contributed by atoms with Crippen LogP contribution >= 0.6 is 0 Å². The number of rotatable bonds is 8. The van der Waals surface area contributed by atoms with Crippen molar-refractivity contribution in [1.82, 2.24) is 5.32 Å². The third kappa shape index (κ3) is 4.77. The van der Waals surface area contributed by atoms with Gasteiger partial charge in [0.15, 0.2) is 0 Å². The summed E-state index contributed by atoms with van der Waals surface area (Å²) < 4.78 is 0. The lowest BCUT2D eigenvalue weighted by Crippen LogP contribution is -2.23. The Kier molecular flexibility index (Phi) is 6.94. The van der Waals surface area contributed by atoms with Gasteiger partial charge < -0.3 is 15.5 Å². The van der Waals surface area contributed by atoms with Gasteiger partial charge in [0.1, 0.15) is 0 Å². The van der Waals surface area contributed by atoms with Crippen molar-refractivity contribution in [3.8, 4) is 0 Å². The minimum atomic E-state index is -0.477. The first-order valence-corrected chi connectivity index (χ1v) is 6.78. The van der Waals surface area contributed by atoms with Gasteiger partial charge in [0, 0.05) is 13.2 Å². The molecule has 0 aliphatic carbocycles. The number of benzene rings is 1. The monoisotopic (exact) mass is 251 g/mol. The van der Waals surface area contributed by atoms with Crippen molar-refractivity contribution in [2.45, 2.75) is 38.7 Å². The summed E-state index contributed by atoms with van der Waals surface area (Å²) in [5, 5.41) is 21.8. The van der Waals surface area contributed by atoms with Crippen LogP contribution in [0.25, 0.3) is 0 Å². The Morgan fingerprint density at radius 3 is 2.33 bits per heavy atom. The fourth-order valence-corrected chi connectivity index (χ4v) is 1.84. The molecule has 0 fully saturated rings. The van der Waals surface area contributed by atoms with E-state index in [1.807, 2.05) is 12.1 Å². The third-order valence-electron chi connectivity index (χ3n) is 3.35. The van der Waals surface area contributed by atoms with Crippen LogP contribution in [-0.4, -0.2) is 29.9 Å². The Hall–Kier alpha value is -0.900. The molecule has 0 spiro atoms. The molecule has 3 nitrogen and oxygen atoms in total. The molecule has 0 saturated heterocycles. The lowest BCUT2D eigenvalue weighted by Gasteiger charge is -2.14. The highest BCUT2D eigenvalue weighted by Gasteiger charge is 2.08. The first-order chi connectivity index (χ1) is 8.69. The van der Waals surface area contributed by atoms with E-state index in [0.29, 0.717) is 12.5 Å². The first-order valence-electron chi connectivity index (χ1n) is 6.78. The summed E-state index contributed by atoms with van der Waals surface area (Å²) in [7, 11) is 0. The summed E-state index contributed by atoms with van der Waals surface area (Å²) in [6.07, 6.45) is 1.37. The van der Waals surface area contributed by atoms with Crippen LogP contribution in [-0.2, 0) is 0 Å². The Labute approximate surface area is 110 Å². The maximum Gasteiger partial charge on any atom is 0.0914 e. The molecule has 3 N–H and O–H groups in total. The molecule has 0 amide bonds. The van der Waals surface area contributed by atoms with E-state index < -0.39 is 6.10 Å². The molecule has 1 aromatic rings. The predicted molar refractivity (Wildman–Crippen MR) is 74.7 cm³/mol. The molecule has 0 aliphatic rings. The molecule has 0 heterocycles. The Morgan fingerprint density at radius 2 is 1.78 bits per heavy atom. The van der Waals surface area contributed by atoms with Gasteiger partial charge >= 0.3 is 0 Å². The van der Waals surface area contributed by atoms with Crippen molar-refractivity contribution in [2.75, 3.05) is 19.7 Å². The molecular formula is C15H25NO2. The predicted octanol–water partition coefficient (Wildman–Crippen LogP) is 2.21. The molecule has 2 atom stereocenters. The summed E-state index contributed by atoms with van der Waals surface area (Å²) in [5.74, 6) is 0.568. The minimum absolute atomic E-state index is 0.187. The van der Waals surface area contributed by atoms with Crippen molar-refractivity contribution in [3.05, 3.63) is 35.4 Å². The van der Waals surface area contributed by atoms with E-state index in [4.69, 9.17) is 5.11 Å². The van der Waals surface area contributed by atoms with E-state index in [9.17, 15) is 5.11 Å². The van der Waals surface area contributed by atoms with Crippen molar-refractivity contribution in [2.24, 2.45) is 0 Å². The second-order valence-corrected chi connectivity index (χ2v) is 4.77. The molecular weight excluding hydrogens is 226 g/mol. The Bertz CT molecular complexity index is 324. The largest absolute Gasteiger partial charge is 0.396 e. The number of aliphatic hydroxyl groups is 2. The molecule has 3 heteroatoms. The SMILES string of the molecule is CCC(C)c1ccc(C(O)CNCCCO)cc1. The van der Waals surface area contributed by atoms with Gasteiger partial charge in [-0.05, 0) is 36.4 Å². The van der Waals surface area contributed by atoms with Crippen LogP contribution in [0.5, 0.6) is 0 Å². The van der Waals surface area contributed by atoms with Gasteiger partial charge in [-0.15, -0.1) is 0 Å². The lowest BCUT2D eigenvalue weighted by molar-refractivity contribution is 0.173. The molecule has 1 rings (SSSR count). The van der Waals surface area contributed by atoms with Gasteiger partial charge in [0.2, 0.25) is 0 Å². The first kappa shape index (κ1) is 15.2. The summed E-state index contributed by atoms with van der Waals surface area (Å²) >= 11 is 0. The van der Waals surface area contributed by atoms with Crippen LogP contribution in [0.3, 0.4) is 0 Å². The van der Waals surface area contributed by atoms with Gasteiger partial charge in [0.05, 0.1) is 6.10 Å². The zero-order chi connectivity index (χ0) is 13.4. The number of aliphatic hydroxyl groups excluding tert-OH is 2. The van der Waals surface area contributed by atoms with Gasteiger partial charge in [0.25, 0.3) is 0 Å². The van der Waals surface area contributed by atoms with Crippen molar-refractivity contribution < 1.29 is 10.2 Å². The van der Waals surface area contributed by atoms with Gasteiger partial charge in [-0.25, -0.2) is 0 Å². The molecule has 0 radical (unpaired) electrons. The highest BCUT2D eigenvalue weighted by molar-refractivity contribution is 5.26. The van der Waals surface area contributed by atoms with Crippen molar-refractivity contribution >= 4 is 0 Å². The Balaban J connectivity index is 2.46. The highest BCUT2D eigenvalue weighted by Crippen LogP contribution is 2.21. The number of hydrogen-bond acceptors (Lipinski definition) is 3. The zero-order valence-electron chi connectivity index (χ0n) is 11.4. The fraction of sp³-hybridized carbons (Fsp3) is 0.600. The molecule has 0 aliphatic heterocycles. The molecule has 0 aromatic heterocycles. The maximum absolute atomic E-state index is 9.98. The highest BCUT2D eigenvalue weighted by atomic mass is 16.3. The van der Waals surface area contributed by atoms with Gasteiger partial charge in [-0.3, -0.25) is 0 Å². The molecule has 0 bridgehead atoms. The summed E-state index contributed by atoms with van der Waals surface area (Å²) in [4.78, 5) is 0. The fourth-order valence-electron chi connectivity index (χ4n) is 1.84. The van der Waals surface area contributed by atoms with Gasteiger partial charge in [-0.1, -0.05) is 38.1 Å². The van der Waals surface area contributed by atoms with Crippen LogP contribution in [0.4, 0.5) is 0 Å². The normalized spacial score (nSPS) is 14.4. The quantitative estimate of drug-likeness (QED) is 0.621. The average Bonchev–Trinajstić information content (AvgIpc) is 2.42. The van der Waals surface area contributed by atoms with Crippen LogP contribution in [0, 0.1) is 0 Å². The van der Waals surface area contributed by atoms with Crippen LogP contribution in [0.15, 0.2) is 24.3 Å². The standard InChI is InChI=1S/C15H25NO2/c1-3-12(2)13-5-7-14(8-6-13)15(18)11-16-9-4-10-17/h5-8,12,15-18H,3-4,9-11H2,1-2H3. The summed E-state index contributed by atoms with van der Waals surface area (Å²) in [6, 6.07) is 8.20. The molecule has 18 heavy (non-hydrogen) atoms. The van der Waals surface area contributed by atoms with E-state index in [0.717, 1.165) is 24.9 Å². The van der Waals surface area contributed by atoms with E-state index in [2.05, 4.69) is 31.3 Å². The maximum atomic E-state index is 9.98. The second kappa shape index (κ2) is 8.25. The number of nitrogens with one attached hydrogen (secondary N) is 1. The second-order valence-electron chi connectivity index (χ2n) is 4.77. The summed E-state index contributed by atoms with van der Waals surface area (Å²) in [6.45, 7) is 5.84. The molecule has 0 saturated carbocycles. The van der Waals surface area contributed by atoms with E-state index in [-0.39, 0.29) is 6.61 Å². The number of hydrogen-bond donors (Lipinski definition) is 3. The average molecular weight is 251 g/mol. The lowest BCUT2D eigenvalue weighted by atomic mass is 9.96.